The first-order valence-electron chi connectivity index (χ1n) is 18.2. The summed E-state index contributed by atoms with van der Waals surface area (Å²) >= 11 is 0. The Hall–Kier alpha value is -1.02. The summed E-state index contributed by atoms with van der Waals surface area (Å²) in [7, 11) is 0. The lowest BCUT2D eigenvalue weighted by molar-refractivity contribution is -0.248. The second-order valence-electron chi connectivity index (χ2n) is 18.0. The molecule has 2 heterocycles. The van der Waals surface area contributed by atoms with Gasteiger partial charge in [-0.2, -0.15) is 0 Å². The average Bonchev–Trinajstić information content (AvgIpc) is 3.90. The Kier molecular flexibility index (Phi) is 6.89. The van der Waals surface area contributed by atoms with E-state index in [9.17, 15) is 14.7 Å². The second-order valence-corrected chi connectivity index (χ2v) is 18.0. The summed E-state index contributed by atoms with van der Waals surface area (Å²) in [5, 5.41) is 12.3. The molecule has 1 amide bonds. The number of rotatable bonds is 6. The van der Waals surface area contributed by atoms with Crippen LogP contribution < -0.4 is 0 Å². The van der Waals surface area contributed by atoms with Gasteiger partial charge in [0, 0.05) is 24.8 Å². The number of hydrogen-bond acceptors (Lipinski definition) is 6. The minimum Gasteiger partial charge on any atom is -0.390 e. The number of aldehydes is 1. The number of carbonyl (C=O) groups excluding carboxylic acids is 2. The summed E-state index contributed by atoms with van der Waals surface area (Å²) in [6.07, 6.45) is 12.9. The van der Waals surface area contributed by atoms with Crippen molar-refractivity contribution < 1.29 is 28.9 Å². The molecule has 0 radical (unpaired) electrons. The van der Waals surface area contributed by atoms with E-state index in [1.54, 1.807) is 0 Å². The Morgan fingerprint density at radius 1 is 1.02 bits per heavy atom. The van der Waals surface area contributed by atoms with Crippen molar-refractivity contribution in [2.75, 3.05) is 19.7 Å². The largest absolute Gasteiger partial charge is 0.390 e. The molecular weight excluding hydrogens is 554 g/mol. The topological polar surface area (TPSA) is 85.3 Å². The van der Waals surface area contributed by atoms with Crippen molar-refractivity contribution in [2.24, 2.45) is 56.7 Å². The van der Waals surface area contributed by atoms with Crippen LogP contribution >= 0.6 is 0 Å². The zero-order valence-corrected chi connectivity index (χ0v) is 27.9. The molecular formula is C37H57NO6. The van der Waals surface area contributed by atoms with Gasteiger partial charge in [-0.3, -0.25) is 4.79 Å². The first kappa shape index (κ1) is 30.3. The monoisotopic (exact) mass is 611 g/mol. The van der Waals surface area contributed by atoms with Crippen LogP contribution in [0.2, 0.25) is 0 Å². The van der Waals surface area contributed by atoms with Gasteiger partial charge in [0.1, 0.15) is 6.29 Å². The van der Waals surface area contributed by atoms with Gasteiger partial charge in [-0.05, 0) is 115 Å². The standard InChI is InChI=1S/C37H57NO6/c1-22-18-24(11-16-39)43-31-30(22)34(4)13-14-37-21-36(37)12-10-27(33(2,3)25(36)8-9-26(37)35(34,5)32(31)41)44-29-20-38(15-17-42-29)28(40)19-23-6-7-23/h16,22-27,29-32,41H,6-15,17-21H2,1-5H3/t22-,24?,25?,26?,27?,29+,30+,31?,32+,34?,35-,36?,37+/m1/s1. The molecule has 2 spiro atoms. The fourth-order valence-corrected chi connectivity index (χ4v) is 13.7. The number of fused-ring (bicyclic) bond motifs is 4. The van der Waals surface area contributed by atoms with Gasteiger partial charge in [0.05, 0.1) is 37.6 Å². The molecule has 44 heavy (non-hydrogen) atoms. The van der Waals surface area contributed by atoms with Gasteiger partial charge >= 0.3 is 0 Å². The summed E-state index contributed by atoms with van der Waals surface area (Å²) in [6.45, 7) is 14.0. The molecule has 0 aromatic carbocycles. The summed E-state index contributed by atoms with van der Waals surface area (Å²) in [5.74, 6) is 2.78. The fourth-order valence-electron chi connectivity index (χ4n) is 13.7. The van der Waals surface area contributed by atoms with Gasteiger partial charge < -0.3 is 29.0 Å². The lowest BCUT2D eigenvalue weighted by Crippen LogP contribution is -2.60. The number of aliphatic hydroxyl groups excluding tert-OH is 1. The molecule has 6 saturated carbocycles. The Bertz CT molecular complexity index is 1190. The molecule has 0 aromatic heterocycles. The minimum atomic E-state index is -0.479. The normalized spacial score (nSPS) is 53.9. The molecule has 0 bridgehead atoms. The van der Waals surface area contributed by atoms with Crippen LogP contribution in [0.5, 0.6) is 0 Å². The first-order chi connectivity index (χ1) is 20.9. The van der Waals surface area contributed by atoms with Crippen molar-refractivity contribution in [3.8, 4) is 0 Å². The SMILES string of the molecule is C[C@@H]1CC(CC=O)OC2[C@H]1C1(C)CC[C@@]34CC35CCC(O[C@H]3CN(C(=O)CC6CC6)CCO3)C(C)(C)C5CCC4[C@]1(C)[C@H]2O. The van der Waals surface area contributed by atoms with E-state index in [0.717, 1.165) is 19.1 Å². The number of ether oxygens (including phenoxy) is 3. The zero-order chi connectivity index (χ0) is 30.9. The molecule has 7 nitrogen and oxygen atoms in total. The van der Waals surface area contributed by atoms with Crippen molar-refractivity contribution in [1.29, 1.82) is 0 Å². The van der Waals surface area contributed by atoms with E-state index in [-0.39, 0.29) is 46.8 Å². The summed E-state index contributed by atoms with van der Waals surface area (Å²) < 4.78 is 19.6. The van der Waals surface area contributed by atoms with Gasteiger partial charge in [0.2, 0.25) is 5.91 Å². The van der Waals surface area contributed by atoms with Gasteiger partial charge in [0.25, 0.3) is 0 Å². The molecule has 246 valence electrons. The maximum atomic E-state index is 12.9. The van der Waals surface area contributed by atoms with Crippen molar-refractivity contribution in [1.82, 2.24) is 4.90 Å². The highest BCUT2D eigenvalue weighted by Gasteiger charge is 2.84. The average molecular weight is 612 g/mol. The number of morpholine rings is 1. The maximum absolute atomic E-state index is 12.9. The molecule has 2 aliphatic heterocycles. The van der Waals surface area contributed by atoms with Crippen LogP contribution in [0, 0.1) is 56.7 Å². The van der Waals surface area contributed by atoms with Crippen LogP contribution in [0.4, 0.5) is 0 Å². The summed E-state index contributed by atoms with van der Waals surface area (Å²) in [5.41, 5.74) is 0.540. The van der Waals surface area contributed by atoms with E-state index in [4.69, 9.17) is 14.2 Å². The van der Waals surface area contributed by atoms with E-state index in [2.05, 4.69) is 34.6 Å². The molecule has 8 aliphatic rings. The van der Waals surface area contributed by atoms with E-state index in [0.29, 0.717) is 73.0 Å². The van der Waals surface area contributed by atoms with Crippen LogP contribution in [0.1, 0.15) is 112 Å². The molecule has 7 unspecified atom stereocenters. The van der Waals surface area contributed by atoms with E-state index >= 15 is 0 Å². The smallest absolute Gasteiger partial charge is 0.223 e. The van der Waals surface area contributed by atoms with Crippen molar-refractivity contribution in [3.63, 3.8) is 0 Å². The highest BCUT2D eigenvalue weighted by atomic mass is 16.7. The maximum Gasteiger partial charge on any atom is 0.223 e. The molecule has 8 rings (SSSR count). The summed E-state index contributed by atoms with van der Waals surface area (Å²) in [4.78, 5) is 26.2. The lowest BCUT2D eigenvalue weighted by atomic mass is 9.41. The molecule has 0 aromatic rings. The van der Waals surface area contributed by atoms with Crippen molar-refractivity contribution in [2.45, 2.75) is 142 Å². The van der Waals surface area contributed by atoms with Gasteiger partial charge in [0.15, 0.2) is 6.29 Å². The lowest BCUT2D eigenvalue weighted by Gasteiger charge is -2.64. The third-order valence-electron chi connectivity index (χ3n) is 16.0. The predicted molar refractivity (Wildman–Crippen MR) is 165 cm³/mol. The van der Waals surface area contributed by atoms with Gasteiger partial charge in [-0.25, -0.2) is 0 Å². The fraction of sp³-hybridized carbons (Fsp3) is 0.946. The highest BCUT2D eigenvalue weighted by molar-refractivity contribution is 5.76. The summed E-state index contributed by atoms with van der Waals surface area (Å²) in [6, 6.07) is 0. The number of hydrogen-bond donors (Lipinski definition) is 1. The van der Waals surface area contributed by atoms with Crippen LogP contribution in [0.15, 0.2) is 0 Å². The van der Waals surface area contributed by atoms with Crippen molar-refractivity contribution >= 4 is 12.2 Å². The highest BCUT2D eigenvalue weighted by Crippen LogP contribution is 2.89. The number of carbonyl (C=O) groups is 2. The van der Waals surface area contributed by atoms with E-state index in [1.165, 1.54) is 51.4 Å². The Morgan fingerprint density at radius 2 is 1.77 bits per heavy atom. The van der Waals surface area contributed by atoms with Crippen LogP contribution in [0.25, 0.3) is 0 Å². The number of aliphatic hydroxyl groups is 1. The van der Waals surface area contributed by atoms with E-state index < -0.39 is 6.10 Å². The number of nitrogens with zero attached hydrogens (tertiary/aromatic N) is 1. The quantitative estimate of drug-likeness (QED) is 0.385. The number of amides is 1. The third kappa shape index (κ3) is 3.94. The van der Waals surface area contributed by atoms with Crippen LogP contribution in [-0.4, -0.2) is 72.6 Å². The van der Waals surface area contributed by atoms with Crippen LogP contribution in [0.3, 0.4) is 0 Å². The predicted octanol–water partition coefficient (Wildman–Crippen LogP) is 5.76. The van der Waals surface area contributed by atoms with E-state index in [1.807, 2.05) is 4.90 Å². The van der Waals surface area contributed by atoms with Crippen LogP contribution in [-0.2, 0) is 23.8 Å². The molecule has 8 fully saturated rings. The zero-order valence-electron chi connectivity index (χ0n) is 27.9. The Balaban J connectivity index is 1.01. The molecule has 7 heteroatoms. The first-order valence-corrected chi connectivity index (χ1v) is 18.2. The Labute approximate surface area is 264 Å². The third-order valence-corrected chi connectivity index (χ3v) is 16.0. The molecule has 6 aliphatic carbocycles. The molecule has 1 N–H and O–H groups in total. The van der Waals surface area contributed by atoms with Gasteiger partial charge in [-0.1, -0.05) is 34.6 Å². The minimum absolute atomic E-state index is 0.0278. The molecule has 2 saturated heterocycles. The Morgan fingerprint density at radius 3 is 2.52 bits per heavy atom. The van der Waals surface area contributed by atoms with Crippen molar-refractivity contribution in [3.05, 3.63) is 0 Å². The second kappa shape index (κ2) is 10.00. The van der Waals surface area contributed by atoms with Gasteiger partial charge in [-0.15, -0.1) is 0 Å². The molecule has 13 atom stereocenters.